The highest BCUT2D eigenvalue weighted by atomic mass is 16.5. The molecule has 2 aromatic heterocycles. The van der Waals surface area contributed by atoms with E-state index < -0.39 is 0 Å². The van der Waals surface area contributed by atoms with Crippen LogP contribution in [-0.4, -0.2) is 59.8 Å². The minimum Gasteiger partial charge on any atom is -0.493 e. The smallest absolute Gasteiger partial charge is 0.139 e. The number of fused-ring (bicyclic) bond motifs is 2. The highest BCUT2D eigenvalue weighted by Crippen LogP contribution is 2.29. The van der Waals surface area contributed by atoms with Gasteiger partial charge < -0.3 is 14.5 Å². The summed E-state index contributed by atoms with van der Waals surface area (Å²) < 4.78 is 7.99. The summed E-state index contributed by atoms with van der Waals surface area (Å²) in [6.45, 7) is 3.94. The molecule has 5 rings (SSSR count). The summed E-state index contributed by atoms with van der Waals surface area (Å²) >= 11 is 0. The maximum Gasteiger partial charge on any atom is 0.139 e. The third-order valence-corrected chi connectivity index (χ3v) is 6.16. The van der Waals surface area contributed by atoms with Crippen molar-refractivity contribution in [2.24, 2.45) is 0 Å². The lowest BCUT2D eigenvalue weighted by Gasteiger charge is -2.29. The molecule has 2 aromatic carbocycles. The molecule has 1 aliphatic heterocycles. The molecule has 0 bridgehead atoms. The zero-order valence-electron chi connectivity index (χ0n) is 19.0. The summed E-state index contributed by atoms with van der Waals surface area (Å²) in [7, 11) is 4.16. The van der Waals surface area contributed by atoms with E-state index in [1.807, 2.05) is 18.5 Å². The lowest BCUT2D eigenvalue weighted by atomic mass is 10.1. The number of nitrogens with zero attached hydrogens (tertiary/aromatic N) is 5. The lowest BCUT2D eigenvalue weighted by molar-refractivity contribution is 0.282. The second kappa shape index (κ2) is 9.17. The van der Waals surface area contributed by atoms with Crippen molar-refractivity contribution in [3.63, 3.8) is 0 Å². The van der Waals surface area contributed by atoms with Gasteiger partial charge in [-0.15, -0.1) is 0 Å². The van der Waals surface area contributed by atoms with Crippen LogP contribution in [0.4, 0.5) is 5.69 Å². The van der Waals surface area contributed by atoms with Crippen molar-refractivity contribution in [3.05, 3.63) is 54.9 Å². The van der Waals surface area contributed by atoms with Gasteiger partial charge in [0, 0.05) is 31.1 Å². The number of para-hydroxylation sites is 1. The molecule has 32 heavy (non-hydrogen) atoms. The molecule has 0 unspecified atom stereocenters. The van der Waals surface area contributed by atoms with Gasteiger partial charge in [-0.3, -0.25) is 4.57 Å². The predicted octanol–water partition coefficient (Wildman–Crippen LogP) is 4.89. The number of benzene rings is 2. The molecule has 0 aliphatic carbocycles. The molecule has 1 fully saturated rings. The van der Waals surface area contributed by atoms with E-state index in [-0.39, 0.29) is 0 Å². The molecule has 166 valence electrons. The van der Waals surface area contributed by atoms with E-state index in [1.165, 1.54) is 30.3 Å². The highest BCUT2D eigenvalue weighted by molar-refractivity contribution is 5.92. The van der Waals surface area contributed by atoms with Crippen molar-refractivity contribution < 1.29 is 4.74 Å². The van der Waals surface area contributed by atoms with Crippen LogP contribution in [0.15, 0.2) is 54.9 Å². The first-order valence-electron chi connectivity index (χ1n) is 11.6. The van der Waals surface area contributed by atoms with Crippen LogP contribution < -0.4 is 9.64 Å². The fraction of sp³-hybridized carbons (Fsp3) is 0.385. The van der Waals surface area contributed by atoms with E-state index >= 15 is 0 Å². The number of aromatic nitrogens is 3. The van der Waals surface area contributed by atoms with E-state index in [4.69, 9.17) is 9.72 Å². The molecule has 6 heteroatoms. The van der Waals surface area contributed by atoms with Gasteiger partial charge in [-0.1, -0.05) is 12.1 Å². The summed E-state index contributed by atoms with van der Waals surface area (Å²) in [4.78, 5) is 14.4. The quantitative estimate of drug-likeness (QED) is 0.391. The SMILES string of the molecule is CN(C)CCCOc1ccc2c(c1)ncn2-c1ccc2cccc(N3CCCCC3)c2n1. The first-order valence-corrected chi connectivity index (χ1v) is 11.6. The Bertz CT molecular complexity index is 1210. The van der Waals surface area contributed by atoms with Crippen molar-refractivity contribution >= 4 is 27.6 Å². The Kier molecular flexibility index (Phi) is 5.95. The molecule has 1 aliphatic rings. The Morgan fingerprint density at radius 3 is 2.72 bits per heavy atom. The molecular formula is C26H31N5O. The number of piperidine rings is 1. The topological polar surface area (TPSA) is 46.4 Å². The molecule has 0 spiro atoms. The Labute approximate surface area is 189 Å². The minimum absolute atomic E-state index is 0.704. The average Bonchev–Trinajstić information content (AvgIpc) is 3.25. The number of pyridine rings is 1. The fourth-order valence-corrected chi connectivity index (χ4v) is 4.48. The molecule has 0 saturated carbocycles. The Morgan fingerprint density at radius 2 is 1.88 bits per heavy atom. The van der Waals surface area contributed by atoms with E-state index in [0.29, 0.717) is 6.61 Å². The van der Waals surface area contributed by atoms with Gasteiger partial charge in [-0.25, -0.2) is 9.97 Å². The Hall–Kier alpha value is -3.12. The van der Waals surface area contributed by atoms with E-state index in [1.54, 1.807) is 0 Å². The molecule has 1 saturated heterocycles. The first kappa shape index (κ1) is 20.8. The fourth-order valence-electron chi connectivity index (χ4n) is 4.48. The second-order valence-electron chi connectivity index (χ2n) is 8.84. The molecule has 0 N–H and O–H groups in total. The third-order valence-electron chi connectivity index (χ3n) is 6.16. The van der Waals surface area contributed by atoms with Gasteiger partial charge in [0.2, 0.25) is 0 Å². The zero-order chi connectivity index (χ0) is 21.9. The van der Waals surface area contributed by atoms with Gasteiger partial charge in [-0.05, 0) is 70.1 Å². The summed E-state index contributed by atoms with van der Waals surface area (Å²) in [5, 5.41) is 1.18. The minimum atomic E-state index is 0.704. The van der Waals surface area contributed by atoms with Gasteiger partial charge in [0.1, 0.15) is 17.9 Å². The normalized spacial score (nSPS) is 14.5. The molecule has 0 amide bonds. The van der Waals surface area contributed by atoms with Crippen molar-refractivity contribution in [2.45, 2.75) is 25.7 Å². The summed E-state index contributed by atoms with van der Waals surface area (Å²) in [6.07, 6.45) is 6.68. The Balaban J connectivity index is 1.43. The number of rotatable bonds is 7. The number of hydrogen-bond acceptors (Lipinski definition) is 5. The number of ether oxygens (including phenoxy) is 1. The maximum absolute atomic E-state index is 5.92. The van der Waals surface area contributed by atoms with Crippen molar-refractivity contribution in [1.82, 2.24) is 19.4 Å². The highest BCUT2D eigenvalue weighted by Gasteiger charge is 2.15. The van der Waals surface area contributed by atoms with Crippen LogP contribution in [0.25, 0.3) is 27.8 Å². The van der Waals surface area contributed by atoms with Crippen LogP contribution in [0.3, 0.4) is 0 Å². The molecule has 6 nitrogen and oxygen atoms in total. The second-order valence-corrected chi connectivity index (χ2v) is 8.84. The first-order chi connectivity index (χ1) is 15.7. The molecular weight excluding hydrogens is 398 g/mol. The van der Waals surface area contributed by atoms with Gasteiger partial charge in [-0.2, -0.15) is 0 Å². The van der Waals surface area contributed by atoms with E-state index in [9.17, 15) is 0 Å². The van der Waals surface area contributed by atoms with Gasteiger partial charge in [0.05, 0.1) is 28.8 Å². The predicted molar refractivity (Wildman–Crippen MR) is 131 cm³/mol. The number of anilines is 1. The van der Waals surface area contributed by atoms with Gasteiger partial charge in [0.25, 0.3) is 0 Å². The van der Waals surface area contributed by atoms with E-state index in [0.717, 1.165) is 54.2 Å². The van der Waals surface area contributed by atoms with Crippen molar-refractivity contribution in [2.75, 3.05) is 45.2 Å². The molecule has 0 radical (unpaired) electrons. The van der Waals surface area contributed by atoms with Crippen LogP contribution >= 0.6 is 0 Å². The summed E-state index contributed by atoms with van der Waals surface area (Å²) in [6, 6.07) is 16.8. The molecule has 4 aromatic rings. The summed E-state index contributed by atoms with van der Waals surface area (Å²) in [5.74, 6) is 1.75. The van der Waals surface area contributed by atoms with Crippen LogP contribution in [-0.2, 0) is 0 Å². The number of imidazole rings is 1. The lowest BCUT2D eigenvalue weighted by Crippen LogP contribution is -2.29. The largest absolute Gasteiger partial charge is 0.493 e. The maximum atomic E-state index is 5.92. The van der Waals surface area contributed by atoms with Crippen molar-refractivity contribution in [3.8, 4) is 11.6 Å². The number of hydrogen-bond donors (Lipinski definition) is 0. The van der Waals surface area contributed by atoms with Crippen LogP contribution in [0.2, 0.25) is 0 Å². The third kappa shape index (κ3) is 4.28. The average molecular weight is 430 g/mol. The van der Waals surface area contributed by atoms with Crippen LogP contribution in [0.1, 0.15) is 25.7 Å². The molecule has 0 atom stereocenters. The van der Waals surface area contributed by atoms with Gasteiger partial charge >= 0.3 is 0 Å². The standard InChI is InChI=1S/C26H31N5O/c1-29(2)14-7-17-32-21-11-12-23-22(18-21)27-19-31(23)25-13-10-20-8-6-9-24(26(20)28-25)30-15-4-3-5-16-30/h6,8-13,18-19H,3-5,7,14-17H2,1-2H3. The monoisotopic (exact) mass is 429 g/mol. The zero-order valence-corrected chi connectivity index (χ0v) is 19.0. The Morgan fingerprint density at radius 1 is 1.00 bits per heavy atom. The van der Waals surface area contributed by atoms with E-state index in [2.05, 4.69) is 69.8 Å². The van der Waals surface area contributed by atoms with Gasteiger partial charge in [0.15, 0.2) is 0 Å². The molecule has 3 heterocycles. The van der Waals surface area contributed by atoms with Crippen LogP contribution in [0.5, 0.6) is 5.75 Å². The summed E-state index contributed by atoms with van der Waals surface area (Å²) in [5.41, 5.74) is 4.26. The van der Waals surface area contributed by atoms with Crippen molar-refractivity contribution in [1.29, 1.82) is 0 Å². The van der Waals surface area contributed by atoms with Crippen LogP contribution in [0, 0.1) is 0 Å².